The van der Waals surface area contributed by atoms with E-state index in [0.717, 1.165) is 5.56 Å². The van der Waals surface area contributed by atoms with Crippen LogP contribution in [0.15, 0.2) is 48.5 Å². The van der Waals surface area contributed by atoms with Crippen molar-refractivity contribution in [3.05, 3.63) is 59.9 Å². The third kappa shape index (κ3) is 4.60. The summed E-state index contributed by atoms with van der Waals surface area (Å²) in [4.78, 5) is 0. The summed E-state index contributed by atoms with van der Waals surface area (Å²) in [7, 11) is 0. The minimum absolute atomic E-state index is 0.262. The SMILES string of the molecule is Oc1ccc(CNCCOc2cccc(F)c2)cc1. The van der Waals surface area contributed by atoms with Gasteiger partial charge in [-0.3, -0.25) is 0 Å². The number of nitrogens with one attached hydrogen (secondary N) is 1. The highest BCUT2D eigenvalue weighted by Gasteiger charge is 1.96. The van der Waals surface area contributed by atoms with Gasteiger partial charge in [0.05, 0.1) is 0 Å². The maximum atomic E-state index is 12.9. The monoisotopic (exact) mass is 261 g/mol. The fraction of sp³-hybridized carbons (Fsp3) is 0.200. The Balaban J connectivity index is 1.66. The van der Waals surface area contributed by atoms with E-state index in [-0.39, 0.29) is 11.6 Å². The highest BCUT2D eigenvalue weighted by molar-refractivity contribution is 5.25. The van der Waals surface area contributed by atoms with Crippen LogP contribution in [0, 0.1) is 5.82 Å². The minimum atomic E-state index is -0.297. The summed E-state index contributed by atoms with van der Waals surface area (Å²) < 4.78 is 18.3. The third-order valence-electron chi connectivity index (χ3n) is 2.61. The average Bonchev–Trinajstić information content (AvgIpc) is 2.41. The summed E-state index contributed by atoms with van der Waals surface area (Å²) in [5, 5.41) is 12.3. The molecule has 0 fully saturated rings. The lowest BCUT2D eigenvalue weighted by molar-refractivity contribution is 0.312. The molecule has 0 bridgehead atoms. The molecule has 0 atom stereocenters. The van der Waals surface area contributed by atoms with E-state index in [1.54, 1.807) is 24.3 Å². The molecule has 0 amide bonds. The van der Waals surface area contributed by atoms with Gasteiger partial charge in [0.1, 0.15) is 23.9 Å². The number of rotatable bonds is 6. The lowest BCUT2D eigenvalue weighted by atomic mass is 10.2. The second-order valence-electron chi connectivity index (χ2n) is 4.15. The Morgan fingerprint density at radius 2 is 1.89 bits per heavy atom. The number of phenols is 1. The number of aromatic hydroxyl groups is 1. The van der Waals surface area contributed by atoms with Crippen LogP contribution >= 0.6 is 0 Å². The first-order valence-corrected chi connectivity index (χ1v) is 6.11. The van der Waals surface area contributed by atoms with Crippen molar-refractivity contribution in [3.8, 4) is 11.5 Å². The molecule has 2 N–H and O–H groups in total. The van der Waals surface area contributed by atoms with Crippen LogP contribution < -0.4 is 10.1 Å². The number of benzene rings is 2. The summed E-state index contributed by atoms with van der Waals surface area (Å²) in [6.45, 7) is 1.84. The molecule has 0 saturated heterocycles. The van der Waals surface area contributed by atoms with Gasteiger partial charge in [-0.1, -0.05) is 18.2 Å². The number of phenolic OH excluding ortho intramolecular Hbond substituents is 1. The van der Waals surface area contributed by atoms with Gasteiger partial charge < -0.3 is 15.2 Å². The van der Waals surface area contributed by atoms with Crippen molar-refractivity contribution in [1.82, 2.24) is 5.32 Å². The molecule has 0 heterocycles. The highest BCUT2D eigenvalue weighted by atomic mass is 19.1. The maximum Gasteiger partial charge on any atom is 0.126 e. The topological polar surface area (TPSA) is 41.5 Å². The fourth-order valence-electron chi connectivity index (χ4n) is 1.64. The van der Waals surface area contributed by atoms with Crippen LogP contribution in [0.25, 0.3) is 0 Å². The Bertz CT molecular complexity index is 514. The Labute approximate surface area is 111 Å². The van der Waals surface area contributed by atoms with Crippen LogP contribution in [0.3, 0.4) is 0 Å². The molecule has 0 aliphatic rings. The molecule has 100 valence electrons. The Hall–Kier alpha value is -2.07. The molecule has 4 heteroatoms. The zero-order valence-corrected chi connectivity index (χ0v) is 10.5. The molecule has 0 aromatic heterocycles. The van der Waals surface area contributed by atoms with E-state index in [0.29, 0.717) is 25.4 Å². The van der Waals surface area contributed by atoms with Crippen molar-refractivity contribution in [3.63, 3.8) is 0 Å². The summed E-state index contributed by atoms with van der Waals surface area (Å²) in [6.07, 6.45) is 0. The van der Waals surface area contributed by atoms with E-state index >= 15 is 0 Å². The van der Waals surface area contributed by atoms with Crippen LogP contribution in [0.2, 0.25) is 0 Å². The van der Waals surface area contributed by atoms with Crippen molar-refractivity contribution in [2.45, 2.75) is 6.54 Å². The van der Waals surface area contributed by atoms with Crippen LogP contribution in [0.5, 0.6) is 11.5 Å². The molecule has 3 nitrogen and oxygen atoms in total. The lowest BCUT2D eigenvalue weighted by Gasteiger charge is -2.07. The van der Waals surface area contributed by atoms with E-state index in [2.05, 4.69) is 5.32 Å². The van der Waals surface area contributed by atoms with Crippen LogP contribution in [0.1, 0.15) is 5.56 Å². The Morgan fingerprint density at radius 1 is 1.11 bits per heavy atom. The predicted molar refractivity (Wildman–Crippen MR) is 71.7 cm³/mol. The molecule has 0 unspecified atom stereocenters. The van der Waals surface area contributed by atoms with Gasteiger partial charge in [0.25, 0.3) is 0 Å². The zero-order chi connectivity index (χ0) is 13.5. The van der Waals surface area contributed by atoms with Crippen molar-refractivity contribution in [2.24, 2.45) is 0 Å². The highest BCUT2D eigenvalue weighted by Crippen LogP contribution is 2.11. The van der Waals surface area contributed by atoms with Gasteiger partial charge >= 0.3 is 0 Å². The normalized spacial score (nSPS) is 10.4. The number of hydrogen-bond acceptors (Lipinski definition) is 3. The van der Waals surface area contributed by atoms with Gasteiger partial charge in [0, 0.05) is 19.2 Å². The Morgan fingerprint density at radius 3 is 2.63 bits per heavy atom. The quantitative estimate of drug-likeness (QED) is 0.786. The van der Waals surface area contributed by atoms with Crippen molar-refractivity contribution < 1.29 is 14.2 Å². The molecular formula is C15H16FNO2. The third-order valence-corrected chi connectivity index (χ3v) is 2.61. The van der Waals surface area contributed by atoms with Gasteiger partial charge in [-0.15, -0.1) is 0 Å². The summed E-state index contributed by atoms with van der Waals surface area (Å²) in [6, 6.07) is 13.1. The number of halogens is 1. The van der Waals surface area contributed by atoms with E-state index in [1.165, 1.54) is 12.1 Å². The molecule has 2 aromatic carbocycles. The molecular weight excluding hydrogens is 245 g/mol. The predicted octanol–water partition coefficient (Wildman–Crippen LogP) is 2.70. The average molecular weight is 261 g/mol. The zero-order valence-electron chi connectivity index (χ0n) is 10.5. The molecule has 2 aromatic rings. The maximum absolute atomic E-state index is 12.9. The van der Waals surface area contributed by atoms with Gasteiger partial charge in [0.2, 0.25) is 0 Å². The van der Waals surface area contributed by atoms with Crippen molar-refractivity contribution in [1.29, 1.82) is 0 Å². The van der Waals surface area contributed by atoms with E-state index in [1.807, 2.05) is 12.1 Å². The fourth-order valence-corrected chi connectivity index (χ4v) is 1.64. The van der Waals surface area contributed by atoms with E-state index in [9.17, 15) is 4.39 Å². The van der Waals surface area contributed by atoms with Crippen LogP contribution in [-0.2, 0) is 6.54 Å². The second-order valence-corrected chi connectivity index (χ2v) is 4.15. The first-order valence-electron chi connectivity index (χ1n) is 6.11. The van der Waals surface area contributed by atoms with Gasteiger partial charge in [-0.2, -0.15) is 0 Å². The number of hydrogen-bond donors (Lipinski definition) is 2. The molecule has 2 rings (SSSR count). The minimum Gasteiger partial charge on any atom is -0.508 e. The molecule has 0 aliphatic heterocycles. The molecule has 0 radical (unpaired) electrons. The summed E-state index contributed by atoms with van der Waals surface area (Å²) in [5.74, 6) is 0.499. The second kappa shape index (κ2) is 6.75. The van der Waals surface area contributed by atoms with E-state index in [4.69, 9.17) is 9.84 Å². The lowest BCUT2D eigenvalue weighted by Crippen LogP contribution is -2.20. The first-order chi connectivity index (χ1) is 9.24. The van der Waals surface area contributed by atoms with E-state index < -0.39 is 0 Å². The smallest absolute Gasteiger partial charge is 0.126 e. The largest absolute Gasteiger partial charge is 0.508 e. The van der Waals surface area contributed by atoms with Gasteiger partial charge in [-0.25, -0.2) is 4.39 Å². The summed E-state index contributed by atoms with van der Waals surface area (Å²) in [5.41, 5.74) is 1.09. The first kappa shape index (κ1) is 13.4. The molecule has 0 spiro atoms. The van der Waals surface area contributed by atoms with Gasteiger partial charge in [0.15, 0.2) is 0 Å². The van der Waals surface area contributed by atoms with Crippen LogP contribution in [0.4, 0.5) is 4.39 Å². The molecule has 0 saturated carbocycles. The van der Waals surface area contributed by atoms with Crippen molar-refractivity contribution >= 4 is 0 Å². The molecule has 19 heavy (non-hydrogen) atoms. The summed E-state index contributed by atoms with van der Waals surface area (Å²) >= 11 is 0. The molecule has 0 aliphatic carbocycles. The van der Waals surface area contributed by atoms with Crippen molar-refractivity contribution in [2.75, 3.05) is 13.2 Å². The standard InChI is InChI=1S/C15H16FNO2/c16-13-2-1-3-15(10-13)19-9-8-17-11-12-4-6-14(18)7-5-12/h1-7,10,17-18H,8-9,11H2. The number of ether oxygens (including phenoxy) is 1. The van der Waals surface area contributed by atoms with Crippen LogP contribution in [-0.4, -0.2) is 18.3 Å². The van der Waals surface area contributed by atoms with Gasteiger partial charge in [-0.05, 0) is 29.8 Å². The Kier molecular flexibility index (Phi) is 4.75.